The van der Waals surface area contributed by atoms with Crippen molar-refractivity contribution in [2.24, 2.45) is 0 Å². The second-order valence-corrected chi connectivity index (χ2v) is 5.44. The van der Waals surface area contributed by atoms with Crippen molar-refractivity contribution >= 4 is 37.9 Å². The molecule has 1 aromatic rings. The van der Waals surface area contributed by atoms with E-state index >= 15 is 0 Å². The maximum Gasteiger partial charge on any atom is 0.0610 e. The monoisotopic (exact) mass is 300 g/mol. The molecule has 0 aliphatic rings. The van der Waals surface area contributed by atoms with Crippen LogP contribution in [0.25, 0.3) is 6.08 Å². The van der Waals surface area contributed by atoms with Gasteiger partial charge in [0.1, 0.15) is 0 Å². The second-order valence-electron chi connectivity index (χ2n) is 2.67. The molecule has 0 unspecified atom stereocenters. The third-order valence-electron chi connectivity index (χ3n) is 1.64. The number of rotatable bonds is 3. The molecular weight excluding hydrogens is 292 g/mol. The number of halogens is 2. The highest BCUT2D eigenvalue weighted by Gasteiger charge is 1.91. The first-order chi connectivity index (χ1) is 6.22. The fourth-order valence-corrected chi connectivity index (χ4v) is 1.57. The molecule has 0 N–H and O–H groups in total. The minimum Gasteiger partial charge on any atom is -0.103 e. The molecule has 0 fully saturated rings. The Bertz CT molecular complexity index is 305. The molecule has 0 heterocycles. The van der Waals surface area contributed by atoms with E-state index in [0.717, 1.165) is 9.81 Å². The van der Waals surface area contributed by atoms with Crippen molar-refractivity contribution in [2.45, 2.75) is 6.42 Å². The van der Waals surface area contributed by atoms with Gasteiger partial charge in [-0.25, -0.2) is 0 Å². The average Bonchev–Trinajstić information content (AvgIpc) is 2.08. The van der Waals surface area contributed by atoms with Crippen molar-refractivity contribution in [3.63, 3.8) is 0 Å². The van der Waals surface area contributed by atoms with E-state index in [9.17, 15) is 0 Å². The lowest BCUT2D eigenvalue weighted by Crippen LogP contribution is -1.80. The van der Waals surface area contributed by atoms with Gasteiger partial charge in [-0.3, -0.25) is 0 Å². The summed E-state index contributed by atoms with van der Waals surface area (Å²) in [6.45, 7) is 3.70. The van der Waals surface area contributed by atoms with Gasteiger partial charge >= 0.3 is 0 Å². The molecule has 2 heteroatoms. The van der Waals surface area contributed by atoms with E-state index in [1.807, 2.05) is 12.2 Å². The van der Waals surface area contributed by atoms with Crippen LogP contribution < -0.4 is 0 Å². The van der Waals surface area contributed by atoms with Gasteiger partial charge in [-0.05, 0) is 55.5 Å². The lowest BCUT2D eigenvalue weighted by molar-refractivity contribution is 1.28. The molecule has 0 bridgehead atoms. The summed E-state index contributed by atoms with van der Waals surface area (Å²) in [5.41, 5.74) is 2.47. The van der Waals surface area contributed by atoms with Crippen LogP contribution in [0.3, 0.4) is 0 Å². The topological polar surface area (TPSA) is 0 Å². The predicted molar refractivity (Wildman–Crippen MR) is 66.2 cm³/mol. The van der Waals surface area contributed by atoms with Crippen LogP contribution in [0.1, 0.15) is 11.1 Å². The molecule has 1 aromatic carbocycles. The summed E-state index contributed by atoms with van der Waals surface area (Å²) in [6, 6.07) is 8.38. The molecule has 0 spiro atoms. The Labute approximate surface area is 95.6 Å². The van der Waals surface area contributed by atoms with Crippen molar-refractivity contribution in [1.82, 2.24) is 0 Å². The summed E-state index contributed by atoms with van der Waals surface area (Å²) in [6.07, 6.45) is 4.85. The maximum atomic E-state index is 3.70. The molecule has 0 aliphatic carbocycles. The van der Waals surface area contributed by atoms with Crippen LogP contribution in [-0.2, 0) is 6.42 Å². The average molecular weight is 302 g/mol. The van der Waals surface area contributed by atoms with Crippen LogP contribution in [0.2, 0.25) is 0 Å². The summed E-state index contributed by atoms with van der Waals surface area (Å²) in [4.78, 5) is 0. The fraction of sp³-hybridized carbons (Fsp3) is 0.0909. The van der Waals surface area contributed by atoms with Gasteiger partial charge in [0.05, 0.1) is 3.39 Å². The fourth-order valence-electron chi connectivity index (χ4n) is 1.04. The first-order valence-corrected chi connectivity index (χ1v) is 5.53. The quantitative estimate of drug-likeness (QED) is 0.721. The third kappa shape index (κ3) is 3.92. The standard InChI is InChI=1S/C11H10Br2/c1-2-3-9-4-6-10(7-5-9)8-11(12)13/h2,4-8H,1,3H2. The Kier molecular flexibility index (Phi) is 4.46. The van der Waals surface area contributed by atoms with E-state index in [2.05, 4.69) is 62.7 Å². The van der Waals surface area contributed by atoms with Crippen molar-refractivity contribution in [2.75, 3.05) is 0 Å². The van der Waals surface area contributed by atoms with E-state index < -0.39 is 0 Å². The molecule has 0 aromatic heterocycles. The minimum atomic E-state index is 0.930. The van der Waals surface area contributed by atoms with Gasteiger partial charge in [0.15, 0.2) is 0 Å². The van der Waals surface area contributed by atoms with Gasteiger partial charge in [-0.2, -0.15) is 0 Å². The Morgan fingerprint density at radius 2 is 1.85 bits per heavy atom. The Hall–Kier alpha value is -0.340. The molecule has 13 heavy (non-hydrogen) atoms. The normalized spacial score (nSPS) is 9.38. The molecule has 68 valence electrons. The van der Waals surface area contributed by atoms with E-state index in [1.54, 1.807) is 0 Å². The Morgan fingerprint density at radius 1 is 1.23 bits per heavy atom. The van der Waals surface area contributed by atoms with Crippen LogP contribution in [0.15, 0.2) is 40.3 Å². The smallest absolute Gasteiger partial charge is 0.0610 e. The van der Waals surface area contributed by atoms with Crippen molar-refractivity contribution < 1.29 is 0 Å². The highest BCUT2D eigenvalue weighted by molar-refractivity contribution is 9.28. The molecule has 0 atom stereocenters. The van der Waals surface area contributed by atoms with E-state index in [-0.39, 0.29) is 0 Å². The number of allylic oxidation sites excluding steroid dienone is 1. The molecule has 0 radical (unpaired) electrons. The molecular formula is C11H10Br2. The molecule has 0 aliphatic heterocycles. The number of benzene rings is 1. The molecule has 0 saturated carbocycles. The summed E-state index contributed by atoms with van der Waals surface area (Å²) < 4.78 is 0.955. The summed E-state index contributed by atoms with van der Waals surface area (Å²) >= 11 is 6.64. The lowest BCUT2D eigenvalue weighted by atomic mass is 10.1. The maximum absolute atomic E-state index is 3.70. The first kappa shape index (κ1) is 10.7. The number of hydrogen-bond acceptors (Lipinski definition) is 0. The van der Waals surface area contributed by atoms with Crippen LogP contribution in [-0.4, -0.2) is 0 Å². The molecule has 0 nitrogen and oxygen atoms in total. The van der Waals surface area contributed by atoms with E-state index in [1.165, 1.54) is 11.1 Å². The SMILES string of the molecule is C=CCc1ccc(C=C(Br)Br)cc1. The largest absolute Gasteiger partial charge is 0.103 e. The zero-order chi connectivity index (χ0) is 9.68. The highest BCUT2D eigenvalue weighted by Crippen LogP contribution is 2.18. The molecule has 0 amide bonds. The van der Waals surface area contributed by atoms with Crippen molar-refractivity contribution in [3.8, 4) is 0 Å². The molecule has 0 saturated heterocycles. The zero-order valence-corrected chi connectivity index (χ0v) is 10.3. The summed E-state index contributed by atoms with van der Waals surface area (Å²) in [5, 5.41) is 0. The van der Waals surface area contributed by atoms with Gasteiger partial charge in [-0.1, -0.05) is 30.3 Å². The molecule has 1 rings (SSSR count). The Balaban J connectivity index is 2.81. The predicted octanol–water partition coefficient (Wildman–Crippen LogP) is 4.50. The highest BCUT2D eigenvalue weighted by atomic mass is 79.9. The first-order valence-electron chi connectivity index (χ1n) is 3.95. The van der Waals surface area contributed by atoms with Gasteiger partial charge in [-0.15, -0.1) is 6.58 Å². The van der Waals surface area contributed by atoms with Gasteiger partial charge in [0.2, 0.25) is 0 Å². The second kappa shape index (κ2) is 5.40. The van der Waals surface area contributed by atoms with Crippen LogP contribution in [0.4, 0.5) is 0 Å². The van der Waals surface area contributed by atoms with E-state index in [0.29, 0.717) is 0 Å². The van der Waals surface area contributed by atoms with Gasteiger partial charge in [0, 0.05) is 0 Å². The van der Waals surface area contributed by atoms with Crippen LogP contribution >= 0.6 is 31.9 Å². The van der Waals surface area contributed by atoms with Gasteiger partial charge < -0.3 is 0 Å². The van der Waals surface area contributed by atoms with Crippen molar-refractivity contribution in [3.05, 3.63) is 51.4 Å². The van der Waals surface area contributed by atoms with Crippen LogP contribution in [0.5, 0.6) is 0 Å². The third-order valence-corrected chi connectivity index (χ3v) is 2.09. The van der Waals surface area contributed by atoms with E-state index in [4.69, 9.17) is 0 Å². The summed E-state index contributed by atoms with van der Waals surface area (Å²) in [7, 11) is 0. The lowest BCUT2D eigenvalue weighted by Gasteiger charge is -1.97. The van der Waals surface area contributed by atoms with Crippen molar-refractivity contribution in [1.29, 1.82) is 0 Å². The van der Waals surface area contributed by atoms with Crippen LogP contribution in [0, 0.1) is 0 Å². The number of hydrogen-bond donors (Lipinski definition) is 0. The van der Waals surface area contributed by atoms with Gasteiger partial charge in [0.25, 0.3) is 0 Å². The summed E-state index contributed by atoms with van der Waals surface area (Å²) in [5.74, 6) is 0. The zero-order valence-electron chi connectivity index (χ0n) is 7.13. The Morgan fingerprint density at radius 3 is 2.31 bits per heavy atom. The minimum absolute atomic E-state index is 0.930.